The van der Waals surface area contributed by atoms with Gasteiger partial charge in [0.2, 0.25) is 0 Å². The molecule has 1 N–H and O–H groups in total. The molecule has 0 aromatic rings. The van der Waals surface area contributed by atoms with Crippen molar-refractivity contribution < 1.29 is 9.84 Å². The predicted octanol–water partition coefficient (Wildman–Crippen LogP) is 2.57. The van der Waals surface area contributed by atoms with Crippen LogP contribution in [-0.4, -0.2) is 48.5 Å². The van der Waals surface area contributed by atoms with Crippen LogP contribution >= 0.6 is 0 Å². The van der Waals surface area contributed by atoms with Crippen molar-refractivity contribution in [1.29, 1.82) is 0 Å². The van der Waals surface area contributed by atoms with E-state index in [9.17, 15) is 5.11 Å². The molecule has 0 amide bonds. The first-order valence-corrected chi connectivity index (χ1v) is 7.77. The van der Waals surface area contributed by atoms with Gasteiger partial charge in [0.1, 0.15) is 0 Å². The number of hydrogen-bond donors (Lipinski definition) is 1. The highest BCUT2D eigenvalue weighted by atomic mass is 16.5. The Hall–Kier alpha value is -0.120. The van der Waals surface area contributed by atoms with Crippen molar-refractivity contribution in [3.05, 3.63) is 0 Å². The summed E-state index contributed by atoms with van der Waals surface area (Å²) in [6, 6.07) is 0.343. The van der Waals surface area contributed by atoms with Crippen LogP contribution in [0, 0.1) is 0 Å². The Kier molecular flexibility index (Phi) is 5.93. The maximum Gasteiger partial charge on any atom is 0.0702 e. The molecule has 0 spiro atoms. The summed E-state index contributed by atoms with van der Waals surface area (Å²) in [6.07, 6.45) is 11.1. The lowest BCUT2D eigenvalue weighted by Gasteiger charge is -2.36. The largest absolute Gasteiger partial charge is 0.391 e. The molecule has 0 bridgehead atoms. The van der Waals surface area contributed by atoms with Gasteiger partial charge in [-0.15, -0.1) is 0 Å². The van der Waals surface area contributed by atoms with E-state index in [-0.39, 0.29) is 6.10 Å². The molecule has 106 valence electrons. The van der Waals surface area contributed by atoms with Crippen LogP contribution in [0.2, 0.25) is 0 Å². The molecule has 1 saturated heterocycles. The molecule has 0 aromatic heterocycles. The molecule has 0 radical (unpaired) electrons. The normalized spacial score (nSPS) is 35.2. The number of likely N-dealkylation sites (N-methyl/N-ethyl adjacent to an activating group) is 1. The summed E-state index contributed by atoms with van der Waals surface area (Å²) < 4.78 is 5.81. The van der Waals surface area contributed by atoms with Crippen molar-refractivity contribution in [3.8, 4) is 0 Å². The van der Waals surface area contributed by atoms with Gasteiger partial charge in [-0.1, -0.05) is 25.7 Å². The van der Waals surface area contributed by atoms with Gasteiger partial charge in [-0.25, -0.2) is 0 Å². The molecule has 1 aliphatic heterocycles. The van der Waals surface area contributed by atoms with E-state index in [0.29, 0.717) is 12.1 Å². The van der Waals surface area contributed by atoms with Crippen molar-refractivity contribution in [2.75, 3.05) is 20.2 Å². The lowest BCUT2D eigenvalue weighted by Crippen LogP contribution is -2.46. The van der Waals surface area contributed by atoms with Crippen molar-refractivity contribution in [3.63, 3.8) is 0 Å². The molecule has 0 aromatic carbocycles. The SMILES string of the molecule is CN(CC1CCCCO1)C1CCCCCCC1O. The molecule has 18 heavy (non-hydrogen) atoms. The quantitative estimate of drug-likeness (QED) is 0.841. The van der Waals surface area contributed by atoms with Crippen LogP contribution in [0.3, 0.4) is 0 Å². The van der Waals surface area contributed by atoms with Gasteiger partial charge >= 0.3 is 0 Å². The van der Waals surface area contributed by atoms with Gasteiger partial charge < -0.3 is 9.84 Å². The molecular formula is C15H29NO2. The van der Waals surface area contributed by atoms with E-state index in [2.05, 4.69) is 11.9 Å². The van der Waals surface area contributed by atoms with Gasteiger partial charge in [0.15, 0.2) is 0 Å². The third-order valence-corrected chi connectivity index (χ3v) is 4.53. The maximum absolute atomic E-state index is 10.3. The first kappa shape index (κ1) is 14.3. The summed E-state index contributed by atoms with van der Waals surface area (Å²) in [5.74, 6) is 0. The second kappa shape index (κ2) is 7.46. The lowest BCUT2D eigenvalue weighted by molar-refractivity contribution is -0.0276. The summed E-state index contributed by atoms with van der Waals surface area (Å²) >= 11 is 0. The molecule has 3 nitrogen and oxygen atoms in total. The summed E-state index contributed by atoms with van der Waals surface area (Å²) in [6.45, 7) is 1.91. The number of ether oxygens (including phenoxy) is 1. The van der Waals surface area contributed by atoms with Gasteiger partial charge in [0.05, 0.1) is 12.2 Å². The first-order chi connectivity index (χ1) is 8.77. The number of nitrogens with zero attached hydrogens (tertiary/aromatic N) is 1. The topological polar surface area (TPSA) is 32.7 Å². The summed E-state index contributed by atoms with van der Waals surface area (Å²) in [5.41, 5.74) is 0. The van der Waals surface area contributed by atoms with E-state index in [1.807, 2.05) is 0 Å². The van der Waals surface area contributed by atoms with Crippen molar-refractivity contribution >= 4 is 0 Å². The fraction of sp³-hybridized carbons (Fsp3) is 1.00. The number of rotatable bonds is 3. The summed E-state index contributed by atoms with van der Waals surface area (Å²) in [7, 11) is 2.16. The standard InChI is InChI=1S/C15H29NO2/c1-16(12-13-8-6-7-11-18-13)14-9-4-2-3-5-10-15(14)17/h13-15,17H,2-12H2,1H3. The smallest absolute Gasteiger partial charge is 0.0702 e. The van der Waals surface area contributed by atoms with E-state index in [1.165, 1.54) is 44.9 Å². The third-order valence-electron chi connectivity index (χ3n) is 4.53. The third kappa shape index (κ3) is 4.22. The second-order valence-corrected chi connectivity index (χ2v) is 6.05. The van der Waals surface area contributed by atoms with E-state index in [0.717, 1.165) is 26.0 Å². The molecule has 3 atom stereocenters. The fourth-order valence-electron chi connectivity index (χ4n) is 3.37. The molecule has 1 saturated carbocycles. The van der Waals surface area contributed by atoms with Crippen molar-refractivity contribution in [2.24, 2.45) is 0 Å². The Bertz CT molecular complexity index is 229. The van der Waals surface area contributed by atoms with Gasteiger partial charge in [-0.2, -0.15) is 0 Å². The minimum Gasteiger partial charge on any atom is -0.391 e. The van der Waals surface area contributed by atoms with Crippen LogP contribution < -0.4 is 0 Å². The molecule has 2 aliphatic rings. The molecular weight excluding hydrogens is 226 g/mol. The Morgan fingerprint density at radius 1 is 1.00 bits per heavy atom. The predicted molar refractivity (Wildman–Crippen MR) is 73.7 cm³/mol. The minimum atomic E-state index is -0.140. The van der Waals surface area contributed by atoms with Gasteiger partial charge in [0, 0.05) is 19.2 Å². The van der Waals surface area contributed by atoms with Crippen molar-refractivity contribution in [2.45, 2.75) is 76.0 Å². The van der Waals surface area contributed by atoms with Crippen LogP contribution in [-0.2, 0) is 4.74 Å². The Balaban J connectivity index is 1.82. The Morgan fingerprint density at radius 2 is 1.72 bits per heavy atom. The average Bonchev–Trinajstić information content (AvgIpc) is 2.35. The molecule has 1 aliphatic carbocycles. The fourth-order valence-corrected chi connectivity index (χ4v) is 3.37. The van der Waals surface area contributed by atoms with Crippen LogP contribution in [0.4, 0.5) is 0 Å². The van der Waals surface area contributed by atoms with E-state index >= 15 is 0 Å². The van der Waals surface area contributed by atoms with Gasteiger partial charge in [-0.3, -0.25) is 4.90 Å². The highest BCUT2D eigenvalue weighted by Gasteiger charge is 2.26. The van der Waals surface area contributed by atoms with E-state index < -0.39 is 0 Å². The van der Waals surface area contributed by atoms with E-state index in [1.54, 1.807) is 0 Å². The molecule has 3 heteroatoms. The molecule has 1 heterocycles. The molecule has 3 unspecified atom stereocenters. The zero-order valence-electron chi connectivity index (χ0n) is 11.8. The number of aliphatic hydroxyl groups is 1. The summed E-state index contributed by atoms with van der Waals surface area (Å²) in [5, 5.41) is 10.3. The zero-order chi connectivity index (χ0) is 12.8. The Morgan fingerprint density at radius 3 is 2.44 bits per heavy atom. The minimum absolute atomic E-state index is 0.140. The average molecular weight is 255 g/mol. The van der Waals surface area contributed by atoms with Crippen LogP contribution in [0.15, 0.2) is 0 Å². The van der Waals surface area contributed by atoms with E-state index in [4.69, 9.17) is 4.74 Å². The van der Waals surface area contributed by atoms with Crippen LogP contribution in [0.25, 0.3) is 0 Å². The monoisotopic (exact) mass is 255 g/mol. The maximum atomic E-state index is 10.3. The van der Waals surface area contributed by atoms with Crippen molar-refractivity contribution in [1.82, 2.24) is 4.90 Å². The van der Waals surface area contributed by atoms with Gasteiger partial charge in [0.25, 0.3) is 0 Å². The number of hydrogen-bond acceptors (Lipinski definition) is 3. The highest BCUT2D eigenvalue weighted by molar-refractivity contribution is 4.81. The van der Waals surface area contributed by atoms with Gasteiger partial charge in [-0.05, 0) is 39.2 Å². The van der Waals surface area contributed by atoms with Crippen LogP contribution in [0.1, 0.15) is 57.8 Å². The molecule has 2 rings (SSSR count). The second-order valence-electron chi connectivity index (χ2n) is 6.05. The van der Waals surface area contributed by atoms with Crippen LogP contribution in [0.5, 0.6) is 0 Å². The highest BCUT2D eigenvalue weighted by Crippen LogP contribution is 2.22. The Labute approximate surface area is 112 Å². The summed E-state index contributed by atoms with van der Waals surface area (Å²) in [4.78, 5) is 2.35. The zero-order valence-corrected chi connectivity index (χ0v) is 11.8. The first-order valence-electron chi connectivity index (χ1n) is 7.77. The number of aliphatic hydroxyl groups excluding tert-OH is 1. The molecule has 2 fully saturated rings. The lowest BCUT2D eigenvalue weighted by atomic mass is 9.93.